The molecule has 0 aromatic carbocycles. The van der Waals surface area contributed by atoms with E-state index in [1.807, 2.05) is 27.7 Å². The van der Waals surface area contributed by atoms with Crippen molar-refractivity contribution in [1.82, 2.24) is 0 Å². The van der Waals surface area contributed by atoms with Crippen LogP contribution in [-0.4, -0.2) is 28.2 Å². The van der Waals surface area contributed by atoms with Gasteiger partial charge in [0.1, 0.15) is 0 Å². The van der Waals surface area contributed by atoms with Crippen LogP contribution in [0.3, 0.4) is 0 Å². The first-order valence-corrected chi connectivity index (χ1v) is 6.80. The van der Waals surface area contributed by atoms with E-state index < -0.39 is 12.2 Å². The number of aliphatic hydroxyl groups excluding tert-OH is 2. The Hall–Kier alpha value is -0.670. The van der Waals surface area contributed by atoms with E-state index in [0.29, 0.717) is 6.42 Å². The number of fused-ring (bicyclic) bond motifs is 1. The summed E-state index contributed by atoms with van der Waals surface area (Å²) in [7, 11) is 0. The second-order valence-corrected chi connectivity index (χ2v) is 7.23. The van der Waals surface area contributed by atoms with Crippen molar-refractivity contribution in [3.8, 4) is 0 Å². The molecule has 4 aliphatic rings. The largest absolute Gasteiger partial charge is 0.392 e. The van der Waals surface area contributed by atoms with Crippen LogP contribution in [0.15, 0.2) is 11.6 Å². The van der Waals surface area contributed by atoms with Crippen molar-refractivity contribution in [2.45, 2.75) is 46.3 Å². The van der Waals surface area contributed by atoms with Crippen molar-refractivity contribution < 1.29 is 15.0 Å². The maximum atomic E-state index is 12.3. The molecule has 2 saturated carbocycles. The average Bonchev–Trinajstić information content (AvgIpc) is 2.31. The fourth-order valence-corrected chi connectivity index (χ4v) is 4.97. The first-order valence-electron chi connectivity index (χ1n) is 6.80. The summed E-state index contributed by atoms with van der Waals surface area (Å²) in [6, 6.07) is 0. The number of rotatable bonds is 0. The van der Waals surface area contributed by atoms with Gasteiger partial charge in [-0.15, -0.1) is 0 Å². The van der Waals surface area contributed by atoms with Gasteiger partial charge in [0.05, 0.1) is 12.2 Å². The van der Waals surface area contributed by atoms with Crippen molar-refractivity contribution in [1.29, 1.82) is 0 Å². The summed E-state index contributed by atoms with van der Waals surface area (Å²) < 4.78 is 0. The van der Waals surface area contributed by atoms with E-state index in [2.05, 4.69) is 0 Å². The van der Waals surface area contributed by atoms with Gasteiger partial charge in [-0.3, -0.25) is 4.79 Å². The minimum atomic E-state index is -0.590. The Morgan fingerprint density at radius 1 is 1.17 bits per heavy atom. The molecule has 6 unspecified atom stereocenters. The van der Waals surface area contributed by atoms with Crippen molar-refractivity contribution >= 4 is 5.78 Å². The lowest BCUT2D eigenvalue weighted by Gasteiger charge is -2.65. The number of carbonyl (C=O) groups excluding carboxylic acids is 1. The first kappa shape index (κ1) is 12.4. The fraction of sp³-hybridized carbons (Fsp3) is 0.800. The van der Waals surface area contributed by atoms with Gasteiger partial charge >= 0.3 is 0 Å². The summed E-state index contributed by atoms with van der Waals surface area (Å²) in [5.41, 5.74) is 0.406. The first-order chi connectivity index (χ1) is 8.22. The van der Waals surface area contributed by atoms with Crippen LogP contribution in [0.5, 0.6) is 0 Å². The molecule has 2 N–H and O–H groups in total. The number of ketones is 1. The number of allylic oxidation sites excluding steroid dienone is 2. The van der Waals surface area contributed by atoms with E-state index in [0.717, 1.165) is 5.57 Å². The smallest absolute Gasteiger partial charge is 0.159 e. The van der Waals surface area contributed by atoms with Crippen LogP contribution in [0, 0.1) is 28.6 Å². The number of aliphatic hydroxyl groups is 2. The molecule has 100 valence electrons. The average molecular weight is 250 g/mol. The molecular formula is C15H22O3. The predicted molar refractivity (Wildman–Crippen MR) is 67.8 cm³/mol. The monoisotopic (exact) mass is 250 g/mol. The maximum Gasteiger partial charge on any atom is 0.159 e. The fourth-order valence-electron chi connectivity index (χ4n) is 4.97. The lowest BCUT2D eigenvalue weighted by Crippen LogP contribution is -2.67. The lowest BCUT2D eigenvalue weighted by atomic mass is 9.37. The summed E-state index contributed by atoms with van der Waals surface area (Å²) in [5.74, 6) is 0.437. The van der Waals surface area contributed by atoms with E-state index in [9.17, 15) is 15.0 Å². The van der Waals surface area contributed by atoms with Gasteiger partial charge in [-0.05, 0) is 30.3 Å². The molecule has 0 saturated heterocycles. The van der Waals surface area contributed by atoms with Crippen LogP contribution in [-0.2, 0) is 4.79 Å². The standard InChI is InChI=1S/C15H22O3/c1-7-5-8(16)12-13-11(7)15(12,4)10(18)6-9(17)14(13,2)3/h5,9-13,17-18H,6H2,1-4H3. The molecule has 3 heteroatoms. The van der Waals surface area contributed by atoms with Gasteiger partial charge in [0, 0.05) is 17.8 Å². The predicted octanol–water partition coefficient (Wildman–Crippen LogP) is 1.54. The van der Waals surface area contributed by atoms with Crippen LogP contribution >= 0.6 is 0 Å². The summed E-state index contributed by atoms with van der Waals surface area (Å²) >= 11 is 0. The highest BCUT2D eigenvalue weighted by molar-refractivity contribution is 5.96. The van der Waals surface area contributed by atoms with E-state index in [1.54, 1.807) is 6.08 Å². The van der Waals surface area contributed by atoms with Gasteiger partial charge in [0.2, 0.25) is 0 Å². The minimum Gasteiger partial charge on any atom is -0.392 e. The number of hydrogen-bond donors (Lipinski definition) is 2. The van der Waals surface area contributed by atoms with Crippen LogP contribution < -0.4 is 0 Å². The molecule has 0 aromatic heterocycles. The van der Waals surface area contributed by atoms with Gasteiger partial charge < -0.3 is 10.2 Å². The molecular weight excluding hydrogens is 228 g/mol. The lowest BCUT2D eigenvalue weighted by molar-refractivity contribution is -0.190. The second kappa shape index (κ2) is 3.26. The van der Waals surface area contributed by atoms with E-state index in [-0.39, 0.29) is 34.4 Å². The molecule has 4 rings (SSSR count). The van der Waals surface area contributed by atoms with Crippen LogP contribution in [0.4, 0.5) is 0 Å². The van der Waals surface area contributed by atoms with Crippen molar-refractivity contribution in [2.24, 2.45) is 28.6 Å². The molecule has 0 aromatic rings. The number of hydrogen-bond acceptors (Lipinski definition) is 3. The molecule has 6 atom stereocenters. The molecule has 0 spiro atoms. The number of carbonyl (C=O) groups is 1. The normalized spacial score (nSPS) is 53.3. The zero-order chi connectivity index (χ0) is 13.5. The van der Waals surface area contributed by atoms with Gasteiger partial charge in [-0.25, -0.2) is 0 Å². The van der Waals surface area contributed by atoms with Crippen LogP contribution in [0.25, 0.3) is 0 Å². The molecule has 0 amide bonds. The molecule has 0 radical (unpaired) electrons. The molecule has 2 fully saturated rings. The van der Waals surface area contributed by atoms with Crippen LogP contribution in [0.2, 0.25) is 0 Å². The third-order valence-electron chi connectivity index (χ3n) is 6.11. The molecule has 3 nitrogen and oxygen atoms in total. The Kier molecular flexibility index (Phi) is 2.24. The third kappa shape index (κ3) is 1.11. The summed E-state index contributed by atoms with van der Waals surface area (Å²) in [6.07, 6.45) is 1.00. The summed E-state index contributed by atoms with van der Waals surface area (Å²) in [6.45, 7) is 8.08. The van der Waals surface area contributed by atoms with Crippen molar-refractivity contribution in [3.05, 3.63) is 11.6 Å². The van der Waals surface area contributed by atoms with Crippen molar-refractivity contribution in [2.75, 3.05) is 0 Å². The summed E-state index contributed by atoms with van der Waals surface area (Å²) in [4.78, 5) is 12.3. The topological polar surface area (TPSA) is 57.5 Å². The SMILES string of the molecule is CC1=CC(=O)C2C3C1C2(C)C(O)CC(O)C3(C)C. The highest BCUT2D eigenvalue weighted by atomic mass is 16.3. The highest BCUT2D eigenvalue weighted by Crippen LogP contribution is 2.71. The Morgan fingerprint density at radius 3 is 2.33 bits per heavy atom. The zero-order valence-corrected chi connectivity index (χ0v) is 11.5. The van der Waals surface area contributed by atoms with Gasteiger partial charge in [0.25, 0.3) is 0 Å². The Balaban J connectivity index is 2.18. The molecule has 4 bridgehead atoms. The quantitative estimate of drug-likeness (QED) is 0.685. The summed E-state index contributed by atoms with van der Waals surface area (Å²) in [5, 5.41) is 20.8. The zero-order valence-electron chi connectivity index (χ0n) is 11.5. The molecule has 0 heterocycles. The third-order valence-corrected chi connectivity index (χ3v) is 6.11. The van der Waals surface area contributed by atoms with Gasteiger partial charge in [0.15, 0.2) is 5.78 Å². The Labute approximate surface area is 108 Å². The van der Waals surface area contributed by atoms with E-state index in [4.69, 9.17) is 0 Å². The molecule has 4 aliphatic carbocycles. The Morgan fingerprint density at radius 2 is 1.78 bits per heavy atom. The van der Waals surface area contributed by atoms with Gasteiger partial charge in [-0.2, -0.15) is 0 Å². The Bertz CT molecular complexity index is 451. The van der Waals surface area contributed by atoms with Gasteiger partial charge in [-0.1, -0.05) is 26.3 Å². The minimum absolute atomic E-state index is 0.117. The molecule has 18 heavy (non-hydrogen) atoms. The van der Waals surface area contributed by atoms with Crippen molar-refractivity contribution in [3.63, 3.8) is 0 Å². The van der Waals surface area contributed by atoms with E-state index >= 15 is 0 Å². The molecule has 0 aliphatic heterocycles. The maximum absolute atomic E-state index is 12.3. The van der Waals surface area contributed by atoms with Crippen LogP contribution in [0.1, 0.15) is 34.1 Å². The second-order valence-electron chi connectivity index (χ2n) is 7.23. The highest BCUT2D eigenvalue weighted by Gasteiger charge is 2.72. The van der Waals surface area contributed by atoms with E-state index in [1.165, 1.54) is 0 Å².